The van der Waals surface area contributed by atoms with Crippen LogP contribution in [0.4, 0.5) is 0 Å². The van der Waals surface area contributed by atoms with E-state index < -0.39 is 6.04 Å². The predicted octanol–water partition coefficient (Wildman–Crippen LogP) is 5.38. The van der Waals surface area contributed by atoms with Gasteiger partial charge in [0.2, 0.25) is 11.8 Å². The highest BCUT2D eigenvalue weighted by Gasteiger charge is 2.26. The van der Waals surface area contributed by atoms with Gasteiger partial charge >= 0.3 is 0 Å². The lowest BCUT2D eigenvalue weighted by Crippen LogP contribution is -2.48. The number of hydrogen-bond donors (Lipinski definition) is 1. The first-order valence-corrected chi connectivity index (χ1v) is 12.2. The van der Waals surface area contributed by atoms with E-state index in [1.165, 1.54) is 16.7 Å². The number of nitrogens with zero attached hydrogens (tertiary/aromatic N) is 1. The first kappa shape index (κ1) is 25.3. The maximum Gasteiger partial charge on any atom is 0.242 e. The van der Waals surface area contributed by atoms with Gasteiger partial charge in [0.25, 0.3) is 0 Å². The van der Waals surface area contributed by atoms with Gasteiger partial charge in [0.15, 0.2) is 0 Å². The molecule has 0 fully saturated rings. The number of amides is 2. The van der Waals surface area contributed by atoms with E-state index in [0.717, 1.165) is 11.3 Å². The average molecular weight is 461 g/mol. The van der Waals surface area contributed by atoms with Crippen molar-refractivity contribution in [2.24, 2.45) is 5.92 Å². The van der Waals surface area contributed by atoms with Gasteiger partial charge in [-0.1, -0.05) is 66.9 Å². The molecule has 2 aromatic rings. The van der Waals surface area contributed by atoms with E-state index in [-0.39, 0.29) is 11.8 Å². The summed E-state index contributed by atoms with van der Waals surface area (Å²) >= 11 is 7.57. The smallest absolute Gasteiger partial charge is 0.242 e. The van der Waals surface area contributed by atoms with Gasteiger partial charge in [0.05, 0.1) is 5.75 Å². The number of thioether (sulfide) groups is 1. The number of rotatable bonds is 10. The summed E-state index contributed by atoms with van der Waals surface area (Å²) in [7, 11) is 0. The summed E-state index contributed by atoms with van der Waals surface area (Å²) in [5, 5.41) is 3.59. The van der Waals surface area contributed by atoms with Crippen molar-refractivity contribution in [3.63, 3.8) is 0 Å². The van der Waals surface area contributed by atoms with Gasteiger partial charge in [-0.05, 0) is 49.9 Å². The quantitative estimate of drug-likeness (QED) is 0.517. The summed E-state index contributed by atoms with van der Waals surface area (Å²) in [5.41, 5.74) is 4.60. The number of carbonyl (C=O) groups is 2. The van der Waals surface area contributed by atoms with E-state index in [0.29, 0.717) is 29.8 Å². The van der Waals surface area contributed by atoms with Crippen LogP contribution in [0.1, 0.15) is 43.0 Å². The third kappa shape index (κ3) is 8.58. The number of hydrogen-bond acceptors (Lipinski definition) is 3. The molecule has 0 radical (unpaired) electrons. The van der Waals surface area contributed by atoms with Crippen LogP contribution in [-0.4, -0.2) is 35.1 Å². The number of nitrogens with one attached hydrogen (secondary N) is 1. The Hall–Kier alpha value is -1.98. The van der Waals surface area contributed by atoms with Gasteiger partial charge in [-0.25, -0.2) is 0 Å². The third-order valence-corrected chi connectivity index (χ3v) is 6.13. The van der Waals surface area contributed by atoms with Gasteiger partial charge in [-0.3, -0.25) is 9.59 Å². The number of halogens is 1. The summed E-state index contributed by atoms with van der Waals surface area (Å²) in [6, 6.07) is 13.3. The van der Waals surface area contributed by atoms with Crippen molar-refractivity contribution in [2.45, 2.75) is 53.0 Å². The molecule has 2 rings (SSSR count). The van der Waals surface area contributed by atoms with Gasteiger partial charge < -0.3 is 10.2 Å². The van der Waals surface area contributed by atoms with Crippen LogP contribution in [0.5, 0.6) is 0 Å². The minimum Gasteiger partial charge on any atom is -0.354 e. The lowest BCUT2D eigenvalue weighted by molar-refractivity contribution is -0.138. The molecule has 0 saturated carbocycles. The van der Waals surface area contributed by atoms with Gasteiger partial charge in [-0.2, -0.15) is 0 Å². The molecule has 1 atom stereocenters. The lowest BCUT2D eigenvalue weighted by atomic mass is 10.1. The van der Waals surface area contributed by atoms with Crippen LogP contribution in [0.2, 0.25) is 5.02 Å². The molecule has 31 heavy (non-hydrogen) atoms. The highest BCUT2D eigenvalue weighted by molar-refractivity contribution is 7.99. The molecule has 0 aromatic heterocycles. The average Bonchev–Trinajstić information content (AvgIpc) is 2.70. The summed E-state index contributed by atoms with van der Waals surface area (Å²) in [6.45, 7) is 11.0. The summed E-state index contributed by atoms with van der Waals surface area (Å²) in [6.07, 6.45) is 0. The van der Waals surface area contributed by atoms with E-state index in [4.69, 9.17) is 11.6 Å². The van der Waals surface area contributed by atoms with Crippen molar-refractivity contribution in [1.29, 1.82) is 0 Å². The molecule has 0 unspecified atom stereocenters. The van der Waals surface area contributed by atoms with Crippen LogP contribution >= 0.6 is 23.4 Å². The van der Waals surface area contributed by atoms with Crippen molar-refractivity contribution >= 4 is 35.2 Å². The molecule has 0 aliphatic rings. The van der Waals surface area contributed by atoms with Crippen molar-refractivity contribution < 1.29 is 9.59 Å². The molecule has 0 bridgehead atoms. The molecule has 0 aliphatic heterocycles. The molecule has 0 heterocycles. The van der Waals surface area contributed by atoms with E-state index in [1.807, 2.05) is 26.0 Å². The largest absolute Gasteiger partial charge is 0.354 e. The SMILES string of the molecule is Cc1cc(C)cc(CSCC(=O)N(Cc2ccc(Cl)cc2)[C@H](C)C(=O)NCC(C)C)c1. The molecule has 2 amide bonds. The third-order valence-electron chi connectivity index (χ3n) is 4.89. The highest BCUT2D eigenvalue weighted by Crippen LogP contribution is 2.19. The Morgan fingerprint density at radius 3 is 2.19 bits per heavy atom. The van der Waals surface area contributed by atoms with E-state index >= 15 is 0 Å². The maximum atomic E-state index is 13.1. The Bertz CT molecular complexity index is 863. The Morgan fingerprint density at radius 2 is 1.61 bits per heavy atom. The maximum absolute atomic E-state index is 13.1. The summed E-state index contributed by atoms with van der Waals surface area (Å²) < 4.78 is 0. The molecule has 0 saturated heterocycles. The number of carbonyl (C=O) groups excluding carboxylic acids is 2. The van der Waals surface area contributed by atoms with Crippen molar-refractivity contribution in [2.75, 3.05) is 12.3 Å². The first-order chi connectivity index (χ1) is 14.7. The van der Waals surface area contributed by atoms with Crippen molar-refractivity contribution in [3.05, 3.63) is 69.7 Å². The number of benzene rings is 2. The fourth-order valence-electron chi connectivity index (χ4n) is 3.31. The minimum absolute atomic E-state index is 0.0449. The molecule has 4 nitrogen and oxygen atoms in total. The highest BCUT2D eigenvalue weighted by atomic mass is 35.5. The molecule has 168 valence electrons. The minimum atomic E-state index is -0.552. The molecule has 0 aliphatic carbocycles. The van der Waals surface area contributed by atoms with E-state index in [2.05, 4.69) is 37.4 Å². The zero-order chi connectivity index (χ0) is 23.0. The van der Waals surface area contributed by atoms with Crippen LogP contribution < -0.4 is 5.32 Å². The van der Waals surface area contributed by atoms with Gasteiger partial charge in [0, 0.05) is 23.9 Å². The normalized spacial score (nSPS) is 12.0. The fourth-order valence-corrected chi connectivity index (χ4v) is 4.28. The zero-order valence-electron chi connectivity index (χ0n) is 19.1. The summed E-state index contributed by atoms with van der Waals surface area (Å²) in [4.78, 5) is 27.5. The molecule has 6 heteroatoms. The second-order valence-corrected chi connectivity index (χ2v) is 9.87. The monoisotopic (exact) mass is 460 g/mol. The van der Waals surface area contributed by atoms with Gasteiger partial charge in [0.1, 0.15) is 6.04 Å². The second-order valence-electron chi connectivity index (χ2n) is 8.45. The lowest BCUT2D eigenvalue weighted by Gasteiger charge is -2.29. The van der Waals surface area contributed by atoms with Crippen LogP contribution in [0.15, 0.2) is 42.5 Å². The molecule has 2 aromatic carbocycles. The Labute approximate surface area is 195 Å². The van der Waals surface area contributed by atoms with Crippen LogP contribution in [0.3, 0.4) is 0 Å². The van der Waals surface area contributed by atoms with Crippen LogP contribution in [0, 0.1) is 19.8 Å². The Kier molecular flexibility index (Phi) is 9.92. The summed E-state index contributed by atoms with van der Waals surface area (Å²) in [5.74, 6) is 1.26. The Morgan fingerprint density at radius 1 is 1.00 bits per heavy atom. The topological polar surface area (TPSA) is 49.4 Å². The molecule has 0 spiro atoms. The van der Waals surface area contributed by atoms with Gasteiger partial charge in [-0.15, -0.1) is 11.8 Å². The molecular formula is C25H33ClN2O2S. The van der Waals surface area contributed by atoms with Crippen molar-refractivity contribution in [3.8, 4) is 0 Å². The molecular weight excluding hydrogens is 428 g/mol. The van der Waals surface area contributed by atoms with Crippen LogP contribution in [-0.2, 0) is 21.9 Å². The van der Waals surface area contributed by atoms with E-state index in [9.17, 15) is 9.59 Å². The predicted molar refractivity (Wildman–Crippen MR) is 131 cm³/mol. The van der Waals surface area contributed by atoms with Crippen molar-refractivity contribution in [1.82, 2.24) is 10.2 Å². The van der Waals surface area contributed by atoms with E-state index in [1.54, 1.807) is 35.7 Å². The fraction of sp³-hybridized carbons (Fsp3) is 0.440. The number of aryl methyl sites for hydroxylation is 2. The second kappa shape index (κ2) is 12.2. The van der Waals surface area contributed by atoms with Crippen LogP contribution in [0.25, 0.3) is 0 Å². The first-order valence-electron chi connectivity index (χ1n) is 10.6. The Balaban J connectivity index is 2.06. The standard InChI is InChI=1S/C25H33ClN2O2S/c1-17(2)13-27-25(30)20(5)28(14-21-6-8-23(26)9-7-21)24(29)16-31-15-22-11-18(3)10-19(4)12-22/h6-12,17,20H,13-16H2,1-5H3,(H,27,30)/t20-/m1/s1. The molecule has 1 N–H and O–H groups in total. The zero-order valence-corrected chi connectivity index (χ0v) is 20.6.